The van der Waals surface area contributed by atoms with Crippen molar-refractivity contribution in [1.82, 2.24) is 10.6 Å². The average molecular weight is 429 g/mol. The number of nitrogens with two attached hydrogens (primary N) is 2. The quantitative estimate of drug-likeness (QED) is 0.185. The van der Waals surface area contributed by atoms with E-state index in [0.717, 1.165) is 64.2 Å². The fraction of sp³-hybridized carbons (Fsp3) is 0.810. The summed E-state index contributed by atoms with van der Waals surface area (Å²) >= 11 is 0. The van der Waals surface area contributed by atoms with E-state index in [1.807, 2.05) is 0 Å². The van der Waals surface area contributed by atoms with Crippen LogP contribution in [0.2, 0.25) is 0 Å². The molecule has 174 valence electrons. The molecule has 9 heteroatoms. The lowest BCUT2D eigenvalue weighted by Gasteiger charge is -2.07. The summed E-state index contributed by atoms with van der Waals surface area (Å²) in [5.41, 5.74) is 10.4. The Morgan fingerprint density at radius 3 is 1.60 bits per heavy atom. The minimum Gasteiger partial charge on any atom is -0.480 e. The van der Waals surface area contributed by atoms with Gasteiger partial charge in [-0.1, -0.05) is 38.5 Å². The number of nitrogens with one attached hydrogen (secondary N) is 2. The number of carbonyl (C=O) groups excluding carboxylic acids is 3. The minimum absolute atomic E-state index is 0.0931. The number of unbranched alkanes of at least 4 members (excludes halogenated alkanes) is 8. The van der Waals surface area contributed by atoms with Crippen LogP contribution in [0.1, 0.15) is 89.9 Å². The van der Waals surface area contributed by atoms with Gasteiger partial charge in [-0.05, 0) is 32.1 Å². The first-order valence-corrected chi connectivity index (χ1v) is 11.1. The largest absolute Gasteiger partial charge is 0.480 e. The highest BCUT2D eigenvalue weighted by molar-refractivity contribution is 5.78. The van der Waals surface area contributed by atoms with E-state index in [9.17, 15) is 19.2 Å². The smallest absolute Gasteiger partial charge is 0.320 e. The molecule has 0 aliphatic heterocycles. The van der Waals surface area contributed by atoms with Gasteiger partial charge in [-0.15, -0.1) is 0 Å². The van der Waals surface area contributed by atoms with Crippen LogP contribution in [0.4, 0.5) is 0 Å². The van der Waals surface area contributed by atoms with Crippen molar-refractivity contribution in [3.63, 3.8) is 0 Å². The molecule has 0 aromatic rings. The van der Waals surface area contributed by atoms with Crippen LogP contribution in [0.3, 0.4) is 0 Å². The standard InChI is InChI=1S/C21H40N4O5/c22-17(21(29)30)13-14-20(28)25-16-10-6-2-4-8-12-19(27)24-15-9-5-1-3-7-11-18(23)26/h17H,1-16,22H2,(H2,23,26)(H,24,27)(H,25,28)(H,29,30). The second-order valence-corrected chi connectivity index (χ2v) is 7.69. The minimum atomic E-state index is -1.09. The normalized spacial score (nSPS) is 11.6. The molecule has 0 bridgehead atoms. The van der Waals surface area contributed by atoms with Crippen LogP contribution in [0.15, 0.2) is 0 Å². The van der Waals surface area contributed by atoms with Crippen molar-refractivity contribution in [1.29, 1.82) is 0 Å². The molecule has 0 saturated heterocycles. The number of hydrogen-bond acceptors (Lipinski definition) is 5. The topological polar surface area (TPSA) is 165 Å². The lowest BCUT2D eigenvalue weighted by atomic mass is 10.1. The third-order valence-corrected chi connectivity index (χ3v) is 4.82. The molecular formula is C21H40N4O5. The molecule has 0 aliphatic rings. The Balaban J connectivity index is 3.36. The van der Waals surface area contributed by atoms with E-state index in [4.69, 9.17) is 16.6 Å². The molecule has 1 atom stereocenters. The van der Waals surface area contributed by atoms with Gasteiger partial charge in [0.05, 0.1) is 0 Å². The fourth-order valence-electron chi connectivity index (χ4n) is 2.94. The SMILES string of the molecule is NC(=O)CCCCCCCNC(=O)CCCCCCCNC(=O)CCC(N)C(=O)O. The Hall–Kier alpha value is -2.16. The highest BCUT2D eigenvalue weighted by Gasteiger charge is 2.13. The van der Waals surface area contributed by atoms with E-state index < -0.39 is 12.0 Å². The van der Waals surface area contributed by atoms with Crippen LogP contribution in [0.5, 0.6) is 0 Å². The fourth-order valence-corrected chi connectivity index (χ4v) is 2.94. The number of amides is 3. The molecule has 0 rings (SSSR count). The van der Waals surface area contributed by atoms with Gasteiger partial charge >= 0.3 is 5.97 Å². The number of primary amides is 1. The second-order valence-electron chi connectivity index (χ2n) is 7.69. The summed E-state index contributed by atoms with van der Waals surface area (Å²) < 4.78 is 0. The first kappa shape index (κ1) is 27.8. The molecule has 0 aromatic carbocycles. The Morgan fingerprint density at radius 1 is 0.667 bits per heavy atom. The second kappa shape index (κ2) is 18.8. The van der Waals surface area contributed by atoms with Gasteiger partial charge in [-0.25, -0.2) is 0 Å². The first-order chi connectivity index (χ1) is 14.3. The molecule has 9 nitrogen and oxygen atoms in total. The van der Waals surface area contributed by atoms with Gasteiger partial charge in [-0.3, -0.25) is 19.2 Å². The lowest BCUT2D eigenvalue weighted by Crippen LogP contribution is -2.32. The molecule has 3 amide bonds. The lowest BCUT2D eigenvalue weighted by molar-refractivity contribution is -0.138. The predicted octanol–water partition coefficient (Wildman–Crippen LogP) is 1.58. The molecule has 0 spiro atoms. The molecule has 0 heterocycles. The van der Waals surface area contributed by atoms with Crippen LogP contribution < -0.4 is 22.1 Å². The van der Waals surface area contributed by atoms with Crippen molar-refractivity contribution >= 4 is 23.7 Å². The van der Waals surface area contributed by atoms with E-state index in [1.54, 1.807) is 0 Å². The molecule has 0 saturated carbocycles. The van der Waals surface area contributed by atoms with Crippen molar-refractivity contribution in [2.24, 2.45) is 11.5 Å². The van der Waals surface area contributed by atoms with Crippen molar-refractivity contribution in [3.05, 3.63) is 0 Å². The monoisotopic (exact) mass is 428 g/mol. The van der Waals surface area contributed by atoms with Gasteiger partial charge in [0.1, 0.15) is 6.04 Å². The third kappa shape index (κ3) is 19.2. The van der Waals surface area contributed by atoms with Gasteiger partial charge in [0, 0.05) is 32.4 Å². The average Bonchev–Trinajstić information content (AvgIpc) is 2.69. The van der Waals surface area contributed by atoms with Crippen molar-refractivity contribution in [3.8, 4) is 0 Å². The van der Waals surface area contributed by atoms with E-state index in [2.05, 4.69) is 10.6 Å². The van der Waals surface area contributed by atoms with Crippen LogP contribution in [0, 0.1) is 0 Å². The number of rotatable bonds is 20. The molecule has 0 fully saturated rings. The number of hydrogen-bond donors (Lipinski definition) is 5. The predicted molar refractivity (Wildman–Crippen MR) is 115 cm³/mol. The summed E-state index contributed by atoms with van der Waals surface area (Å²) in [5.74, 6) is -1.42. The maximum absolute atomic E-state index is 11.8. The summed E-state index contributed by atoms with van der Waals surface area (Å²) in [5, 5.41) is 14.4. The number of aliphatic carboxylic acids is 1. The molecule has 30 heavy (non-hydrogen) atoms. The molecule has 1 unspecified atom stereocenters. The summed E-state index contributed by atoms with van der Waals surface area (Å²) in [6, 6.07) is -0.993. The molecular weight excluding hydrogens is 388 g/mol. The number of carboxylic acids is 1. The zero-order valence-electron chi connectivity index (χ0n) is 18.1. The van der Waals surface area contributed by atoms with Crippen LogP contribution in [0.25, 0.3) is 0 Å². The van der Waals surface area contributed by atoms with Gasteiger partial charge in [0.25, 0.3) is 0 Å². The zero-order valence-corrected chi connectivity index (χ0v) is 18.1. The van der Waals surface area contributed by atoms with Gasteiger partial charge < -0.3 is 27.2 Å². The highest BCUT2D eigenvalue weighted by Crippen LogP contribution is 2.06. The zero-order chi connectivity index (χ0) is 22.6. The molecule has 0 aliphatic carbocycles. The van der Waals surface area contributed by atoms with Gasteiger partial charge in [0.2, 0.25) is 17.7 Å². The van der Waals surface area contributed by atoms with Crippen LogP contribution >= 0.6 is 0 Å². The van der Waals surface area contributed by atoms with E-state index in [0.29, 0.717) is 25.9 Å². The summed E-state index contributed by atoms with van der Waals surface area (Å²) in [6.07, 6.45) is 10.8. The Bertz CT molecular complexity index is 514. The Kier molecular flexibility index (Phi) is 17.5. The van der Waals surface area contributed by atoms with E-state index >= 15 is 0 Å². The van der Waals surface area contributed by atoms with Crippen molar-refractivity contribution in [2.45, 2.75) is 95.9 Å². The molecule has 7 N–H and O–H groups in total. The van der Waals surface area contributed by atoms with Crippen LogP contribution in [-0.2, 0) is 19.2 Å². The van der Waals surface area contributed by atoms with Crippen LogP contribution in [-0.4, -0.2) is 47.9 Å². The van der Waals surface area contributed by atoms with Crippen molar-refractivity contribution < 1.29 is 24.3 Å². The summed E-state index contributed by atoms with van der Waals surface area (Å²) in [6.45, 7) is 1.27. The highest BCUT2D eigenvalue weighted by atomic mass is 16.4. The number of carbonyl (C=O) groups is 4. The van der Waals surface area contributed by atoms with Gasteiger partial charge in [-0.2, -0.15) is 0 Å². The maximum atomic E-state index is 11.8. The summed E-state index contributed by atoms with van der Waals surface area (Å²) in [7, 11) is 0. The molecule has 0 radical (unpaired) electrons. The summed E-state index contributed by atoms with van der Waals surface area (Å²) in [4.78, 5) is 44.5. The van der Waals surface area contributed by atoms with E-state index in [1.165, 1.54) is 0 Å². The van der Waals surface area contributed by atoms with E-state index in [-0.39, 0.29) is 30.6 Å². The van der Waals surface area contributed by atoms with Crippen molar-refractivity contribution in [2.75, 3.05) is 13.1 Å². The molecule has 0 aromatic heterocycles. The third-order valence-electron chi connectivity index (χ3n) is 4.82. The van der Waals surface area contributed by atoms with Gasteiger partial charge in [0.15, 0.2) is 0 Å². The maximum Gasteiger partial charge on any atom is 0.320 e. The number of carboxylic acid groups (broad SMARTS) is 1. The Morgan fingerprint density at radius 2 is 1.10 bits per heavy atom. The first-order valence-electron chi connectivity index (χ1n) is 11.1. The Labute approximate surface area is 179 Å².